The molecule has 8 nitrogen and oxygen atoms in total. The number of nitrogens with zero attached hydrogens (tertiary/aromatic N) is 1. The smallest absolute Gasteiger partial charge is 0.272 e. The van der Waals surface area contributed by atoms with Gasteiger partial charge in [-0.3, -0.25) is 14.9 Å². The fourth-order valence-corrected chi connectivity index (χ4v) is 2.72. The Balaban J connectivity index is 2.26. The molecule has 0 aromatic heterocycles. The van der Waals surface area contributed by atoms with E-state index in [2.05, 4.69) is 5.32 Å². The summed E-state index contributed by atoms with van der Waals surface area (Å²) in [7, 11) is 4.55. The summed E-state index contributed by atoms with van der Waals surface area (Å²) in [5.74, 6) is 1.10. The number of amides is 1. The van der Waals surface area contributed by atoms with Crippen LogP contribution >= 0.6 is 0 Å². The number of nitro groups is 1. The molecule has 0 aliphatic carbocycles. The number of carbonyl (C=O) groups is 1. The van der Waals surface area contributed by atoms with E-state index in [1.165, 1.54) is 39.5 Å². The van der Waals surface area contributed by atoms with Crippen molar-refractivity contribution >= 4 is 11.6 Å². The van der Waals surface area contributed by atoms with Crippen LogP contribution in [-0.2, 0) is 0 Å². The van der Waals surface area contributed by atoms with E-state index in [0.29, 0.717) is 28.4 Å². The maximum Gasteiger partial charge on any atom is 0.272 e. The van der Waals surface area contributed by atoms with Crippen molar-refractivity contribution in [3.63, 3.8) is 0 Å². The van der Waals surface area contributed by atoms with Gasteiger partial charge in [0.2, 0.25) is 5.75 Å². The molecule has 0 spiro atoms. The highest BCUT2D eigenvalue weighted by Gasteiger charge is 2.19. The van der Waals surface area contributed by atoms with E-state index >= 15 is 0 Å². The highest BCUT2D eigenvalue weighted by atomic mass is 16.6. The second kappa shape index (κ2) is 8.39. The van der Waals surface area contributed by atoms with Crippen LogP contribution in [0.5, 0.6) is 17.2 Å². The van der Waals surface area contributed by atoms with Crippen LogP contribution in [0.1, 0.15) is 34.5 Å². The van der Waals surface area contributed by atoms with Gasteiger partial charge in [0.25, 0.3) is 11.6 Å². The first kappa shape index (κ1) is 20.0. The molecule has 8 heteroatoms. The van der Waals surface area contributed by atoms with Crippen molar-refractivity contribution in [3.8, 4) is 17.2 Å². The molecule has 0 heterocycles. The van der Waals surface area contributed by atoms with Gasteiger partial charge in [-0.05, 0) is 43.7 Å². The molecule has 0 fully saturated rings. The average Bonchev–Trinajstić information content (AvgIpc) is 2.65. The second-order valence-corrected chi connectivity index (χ2v) is 5.91. The van der Waals surface area contributed by atoms with Gasteiger partial charge in [0.15, 0.2) is 11.5 Å². The number of rotatable bonds is 7. The number of ether oxygens (including phenoxy) is 3. The van der Waals surface area contributed by atoms with Crippen LogP contribution in [0.15, 0.2) is 30.3 Å². The van der Waals surface area contributed by atoms with Gasteiger partial charge in [-0.1, -0.05) is 0 Å². The van der Waals surface area contributed by atoms with E-state index in [-0.39, 0.29) is 17.6 Å². The molecule has 0 bridgehead atoms. The van der Waals surface area contributed by atoms with Crippen LogP contribution in [0, 0.1) is 17.0 Å². The first-order chi connectivity index (χ1) is 12.8. The van der Waals surface area contributed by atoms with Crippen LogP contribution in [0.2, 0.25) is 0 Å². The summed E-state index contributed by atoms with van der Waals surface area (Å²) in [6.45, 7) is 3.41. The van der Waals surface area contributed by atoms with Gasteiger partial charge < -0.3 is 19.5 Å². The first-order valence-corrected chi connectivity index (χ1v) is 8.18. The van der Waals surface area contributed by atoms with Gasteiger partial charge in [0.1, 0.15) is 0 Å². The van der Waals surface area contributed by atoms with Crippen LogP contribution in [0.25, 0.3) is 0 Å². The molecule has 27 heavy (non-hydrogen) atoms. The second-order valence-electron chi connectivity index (χ2n) is 5.91. The highest BCUT2D eigenvalue weighted by molar-refractivity contribution is 5.95. The van der Waals surface area contributed by atoms with E-state index < -0.39 is 4.92 Å². The molecule has 144 valence electrons. The fraction of sp³-hybridized carbons (Fsp3) is 0.316. The minimum Gasteiger partial charge on any atom is -0.493 e. The average molecular weight is 374 g/mol. The van der Waals surface area contributed by atoms with Crippen molar-refractivity contribution in [2.75, 3.05) is 21.3 Å². The monoisotopic (exact) mass is 374 g/mol. The lowest BCUT2D eigenvalue weighted by molar-refractivity contribution is -0.385. The molecule has 2 aromatic rings. The summed E-state index contributed by atoms with van der Waals surface area (Å²) >= 11 is 0. The first-order valence-electron chi connectivity index (χ1n) is 8.18. The van der Waals surface area contributed by atoms with Crippen LogP contribution in [0.3, 0.4) is 0 Å². The van der Waals surface area contributed by atoms with Gasteiger partial charge in [-0.15, -0.1) is 0 Å². The fourth-order valence-electron chi connectivity index (χ4n) is 2.72. The molecule has 2 rings (SSSR count). The SMILES string of the molecule is COc1cc(C(C)NC(=O)c2ccc([N+](=O)[O-])c(C)c2)cc(OC)c1OC. The minimum atomic E-state index is -0.477. The molecular formula is C19H22N2O6. The maximum atomic E-state index is 12.5. The van der Waals surface area contributed by atoms with Gasteiger partial charge in [0.05, 0.1) is 32.3 Å². The van der Waals surface area contributed by atoms with Gasteiger partial charge in [0, 0.05) is 17.2 Å². The standard InChI is InChI=1S/C19H22N2O6/c1-11-8-13(6-7-15(11)21(23)24)19(22)20-12(2)14-9-16(25-3)18(27-5)17(10-14)26-4/h6-10,12H,1-5H3,(H,20,22). The number of nitro benzene ring substituents is 1. The molecule has 2 aromatic carbocycles. The summed E-state index contributed by atoms with van der Waals surface area (Å²) in [4.78, 5) is 23.0. The highest BCUT2D eigenvalue weighted by Crippen LogP contribution is 2.39. The zero-order valence-corrected chi connectivity index (χ0v) is 15.9. The molecular weight excluding hydrogens is 352 g/mol. The van der Waals surface area contributed by atoms with Crippen molar-refractivity contribution in [1.29, 1.82) is 0 Å². The molecule has 1 atom stereocenters. The van der Waals surface area contributed by atoms with Crippen molar-refractivity contribution < 1.29 is 23.9 Å². The number of carbonyl (C=O) groups excluding carboxylic acids is 1. The number of hydrogen-bond donors (Lipinski definition) is 1. The van der Waals surface area contributed by atoms with E-state index in [0.717, 1.165) is 5.56 Å². The Hall–Kier alpha value is -3.29. The summed E-state index contributed by atoms with van der Waals surface area (Å²) < 4.78 is 16.0. The Morgan fingerprint density at radius 3 is 2.11 bits per heavy atom. The number of hydrogen-bond acceptors (Lipinski definition) is 6. The van der Waals surface area contributed by atoms with E-state index in [9.17, 15) is 14.9 Å². The lowest BCUT2D eigenvalue weighted by atomic mass is 10.1. The summed E-state index contributed by atoms with van der Waals surface area (Å²) in [5, 5.41) is 13.8. The van der Waals surface area contributed by atoms with Crippen LogP contribution < -0.4 is 19.5 Å². The normalized spacial score (nSPS) is 11.4. The summed E-state index contributed by atoms with van der Waals surface area (Å²) in [6, 6.07) is 7.41. The Morgan fingerprint density at radius 2 is 1.67 bits per heavy atom. The lowest BCUT2D eigenvalue weighted by Gasteiger charge is -2.19. The molecule has 0 saturated heterocycles. The third-order valence-corrected chi connectivity index (χ3v) is 4.19. The number of nitrogens with one attached hydrogen (secondary N) is 1. The third kappa shape index (κ3) is 4.28. The Labute approximate surface area is 157 Å². The zero-order chi connectivity index (χ0) is 20.1. The molecule has 0 radical (unpaired) electrons. The molecule has 1 unspecified atom stereocenters. The van der Waals surface area contributed by atoms with Gasteiger partial charge in [-0.2, -0.15) is 0 Å². The molecule has 1 amide bonds. The Morgan fingerprint density at radius 1 is 1.07 bits per heavy atom. The lowest BCUT2D eigenvalue weighted by Crippen LogP contribution is -2.26. The predicted octanol–water partition coefficient (Wildman–Crippen LogP) is 3.42. The van der Waals surface area contributed by atoms with Crippen molar-refractivity contribution in [2.45, 2.75) is 19.9 Å². The van der Waals surface area contributed by atoms with E-state index in [1.54, 1.807) is 19.1 Å². The van der Waals surface area contributed by atoms with Crippen LogP contribution in [0.4, 0.5) is 5.69 Å². The molecule has 0 aliphatic rings. The Kier molecular flexibility index (Phi) is 6.23. The topological polar surface area (TPSA) is 99.9 Å². The number of aryl methyl sites for hydroxylation is 1. The van der Waals surface area contributed by atoms with E-state index in [4.69, 9.17) is 14.2 Å². The quantitative estimate of drug-likeness (QED) is 0.589. The largest absolute Gasteiger partial charge is 0.493 e. The third-order valence-electron chi connectivity index (χ3n) is 4.19. The van der Waals surface area contributed by atoms with Crippen LogP contribution in [-0.4, -0.2) is 32.2 Å². The maximum absolute atomic E-state index is 12.5. The van der Waals surface area contributed by atoms with Crippen molar-refractivity contribution in [3.05, 3.63) is 57.1 Å². The Bertz CT molecular complexity index is 840. The molecule has 1 N–H and O–H groups in total. The van der Waals surface area contributed by atoms with E-state index in [1.807, 2.05) is 6.92 Å². The summed E-state index contributed by atoms with van der Waals surface area (Å²) in [6.07, 6.45) is 0. The number of benzene rings is 2. The van der Waals surface area contributed by atoms with Gasteiger partial charge in [-0.25, -0.2) is 0 Å². The minimum absolute atomic E-state index is 0.0239. The van der Waals surface area contributed by atoms with Crippen molar-refractivity contribution in [1.82, 2.24) is 5.32 Å². The van der Waals surface area contributed by atoms with Crippen molar-refractivity contribution in [2.24, 2.45) is 0 Å². The number of methoxy groups -OCH3 is 3. The molecule has 0 saturated carbocycles. The zero-order valence-electron chi connectivity index (χ0n) is 15.9. The predicted molar refractivity (Wildman–Crippen MR) is 99.8 cm³/mol. The summed E-state index contributed by atoms with van der Waals surface area (Å²) in [5.41, 5.74) is 1.51. The molecule has 0 aliphatic heterocycles. The van der Waals surface area contributed by atoms with Gasteiger partial charge >= 0.3 is 0 Å².